The standard InChI is InChI=1S/C23H33ClO/c1-15(2)20-6-7-21-19-5-4-16-14-23(25,12-13-24)11-9-17(16)18(19)8-10-22(20,21)3/h16-21,25H,1,4-11,14H2,2-3H3/t16-,17-,18+,19+,20+,21-,22+,23+/m0/s1. The highest BCUT2D eigenvalue weighted by molar-refractivity contribution is 6.30. The second-order valence-corrected chi connectivity index (χ2v) is 10.1. The fraction of sp³-hybridized carbons (Fsp3) is 0.826. The van der Waals surface area contributed by atoms with Gasteiger partial charge in [-0.15, -0.1) is 0 Å². The van der Waals surface area contributed by atoms with Gasteiger partial charge in [-0.05, 0) is 117 Å². The van der Waals surface area contributed by atoms with Crippen LogP contribution in [0.4, 0.5) is 0 Å². The molecule has 25 heavy (non-hydrogen) atoms. The number of allylic oxidation sites excluding steroid dienone is 1. The Morgan fingerprint density at radius 3 is 2.52 bits per heavy atom. The van der Waals surface area contributed by atoms with Gasteiger partial charge in [0.2, 0.25) is 0 Å². The van der Waals surface area contributed by atoms with E-state index >= 15 is 0 Å². The van der Waals surface area contributed by atoms with E-state index in [4.69, 9.17) is 11.6 Å². The second-order valence-electron chi connectivity index (χ2n) is 9.95. The van der Waals surface area contributed by atoms with Crippen molar-refractivity contribution >= 4 is 11.6 Å². The molecule has 4 rings (SSSR count). The van der Waals surface area contributed by atoms with Crippen LogP contribution >= 0.6 is 11.6 Å². The zero-order valence-electron chi connectivity index (χ0n) is 15.9. The Morgan fingerprint density at radius 1 is 1.04 bits per heavy atom. The highest BCUT2D eigenvalue weighted by atomic mass is 35.5. The first-order valence-electron chi connectivity index (χ1n) is 10.4. The van der Waals surface area contributed by atoms with E-state index in [0.717, 1.165) is 48.9 Å². The van der Waals surface area contributed by atoms with E-state index < -0.39 is 5.60 Å². The molecule has 0 heterocycles. The van der Waals surface area contributed by atoms with Gasteiger partial charge in [-0.2, -0.15) is 0 Å². The number of rotatable bonds is 1. The predicted octanol–water partition coefficient (Wildman–Crippen LogP) is 5.76. The first kappa shape index (κ1) is 17.9. The van der Waals surface area contributed by atoms with E-state index in [1.165, 1.54) is 44.1 Å². The lowest BCUT2D eigenvalue weighted by molar-refractivity contribution is -0.0872. The zero-order valence-corrected chi connectivity index (χ0v) is 16.6. The lowest BCUT2D eigenvalue weighted by atomic mass is 9.49. The minimum Gasteiger partial charge on any atom is -0.378 e. The van der Waals surface area contributed by atoms with Gasteiger partial charge in [0, 0.05) is 5.38 Å². The van der Waals surface area contributed by atoms with Gasteiger partial charge < -0.3 is 5.11 Å². The molecule has 0 saturated heterocycles. The summed E-state index contributed by atoms with van der Waals surface area (Å²) in [5.74, 6) is 7.79. The number of aliphatic hydroxyl groups is 1. The third-order valence-electron chi connectivity index (χ3n) is 8.88. The molecule has 0 aromatic rings. The minimum atomic E-state index is -0.822. The molecule has 0 aliphatic heterocycles. The molecule has 0 unspecified atom stereocenters. The summed E-state index contributed by atoms with van der Waals surface area (Å²) in [6.07, 6.45) is 11.0. The Balaban J connectivity index is 1.53. The van der Waals surface area contributed by atoms with Gasteiger partial charge in [0.15, 0.2) is 0 Å². The van der Waals surface area contributed by atoms with Crippen LogP contribution in [0.1, 0.15) is 71.6 Å². The largest absolute Gasteiger partial charge is 0.378 e. The molecule has 2 heteroatoms. The highest BCUT2D eigenvalue weighted by Gasteiger charge is 2.57. The maximum absolute atomic E-state index is 10.7. The molecule has 1 N–H and O–H groups in total. The molecule has 4 saturated carbocycles. The first-order valence-corrected chi connectivity index (χ1v) is 10.8. The predicted molar refractivity (Wildman–Crippen MR) is 104 cm³/mol. The van der Waals surface area contributed by atoms with Gasteiger partial charge in [0.1, 0.15) is 5.60 Å². The van der Waals surface area contributed by atoms with E-state index in [-0.39, 0.29) is 0 Å². The van der Waals surface area contributed by atoms with Crippen molar-refractivity contribution in [1.29, 1.82) is 0 Å². The van der Waals surface area contributed by atoms with Crippen LogP contribution in [0.2, 0.25) is 0 Å². The van der Waals surface area contributed by atoms with Gasteiger partial charge >= 0.3 is 0 Å². The van der Waals surface area contributed by atoms with E-state index in [9.17, 15) is 5.11 Å². The molecule has 4 aliphatic carbocycles. The molecule has 8 atom stereocenters. The molecule has 0 aromatic carbocycles. The summed E-state index contributed by atoms with van der Waals surface area (Å²) in [5.41, 5.74) is 1.09. The fourth-order valence-electron chi connectivity index (χ4n) is 7.89. The smallest absolute Gasteiger partial charge is 0.127 e. The number of hydrogen-bond donors (Lipinski definition) is 1. The zero-order chi connectivity index (χ0) is 17.8. The Morgan fingerprint density at radius 2 is 1.80 bits per heavy atom. The van der Waals surface area contributed by atoms with Crippen LogP contribution in [0.25, 0.3) is 0 Å². The van der Waals surface area contributed by atoms with E-state index in [2.05, 4.69) is 31.7 Å². The third kappa shape index (κ3) is 2.80. The van der Waals surface area contributed by atoms with E-state index in [0.29, 0.717) is 11.3 Å². The normalized spacial score (nSPS) is 51.5. The maximum atomic E-state index is 10.7. The van der Waals surface area contributed by atoms with Gasteiger partial charge in [0.05, 0.1) is 0 Å². The molecule has 4 fully saturated rings. The molecule has 4 aliphatic rings. The minimum absolute atomic E-state index is 0.499. The molecule has 0 spiro atoms. The van der Waals surface area contributed by atoms with E-state index in [1.807, 2.05) is 0 Å². The Kier molecular flexibility index (Phi) is 4.53. The highest BCUT2D eigenvalue weighted by Crippen LogP contribution is 2.65. The van der Waals surface area contributed by atoms with Crippen molar-refractivity contribution in [3.05, 3.63) is 12.2 Å². The third-order valence-corrected chi connectivity index (χ3v) is 8.98. The van der Waals surface area contributed by atoms with Crippen LogP contribution in [-0.4, -0.2) is 10.7 Å². The summed E-state index contributed by atoms with van der Waals surface area (Å²) in [6.45, 7) is 9.15. The molecule has 0 amide bonds. The molecule has 1 nitrogen and oxygen atoms in total. The first-order chi connectivity index (χ1) is 11.9. The lowest BCUT2D eigenvalue weighted by Gasteiger charge is -2.57. The summed E-state index contributed by atoms with van der Waals surface area (Å²) in [5, 5.41) is 13.2. The van der Waals surface area contributed by atoms with Gasteiger partial charge in [0.25, 0.3) is 0 Å². The quantitative estimate of drug-likeness (QED) is 0.465. The molecular weight excluding hydrogens is 328 g/mol. The topological polar surface area (TPSA) is 20.2 Å². The van der Waals surface area contributed by atoms with E-state index in [1.54, 1.807) is 0 Å². The molecular formula is C23H33ClO. The summed E-state index contributed by atoms with van der Waals surface area (Å²) < 4.78 is 0. The van der Waals surface area contributed by atoms with Crippen LogP contribution in [0.3, 0.4) is 0 Å². The summed E-state index contributed by atoms with van der Waals surface area (Å²) >= 11 is 5.60. The van der Waals surface area contributed by atoms with Crippen LogP contribution in [0, 0.1) is 52.2 Å². The molecule has 138 valence electrons. The van der Waals surface area contributed by atoms with Crippen LogP contribution in [-0.2, 0) is 0 Å². The Hall–Kier alpha value is -0.450. The van der Waals surface area contributed by atoms with Crippen molar-refractivity contribution in [3.63, 3.8) is 0 Å². The van der Waals surface area contributed by atoms with Crippen molar-refractivity contribution in [1.82, 2.24) is 0 Å². The second kappa shape index (κ2) is 6.31. The number of fused-ring (bicyclic) bond motifs is 5. The molecule has 0 aromatic heterocycles. The molecule has 0 radical (unpaired) electrons. The van der Waals surface area contributed by atoms with Crippen molar-refractivity contribution < 1.29 is 5.11 Å². The van der Waals surface area contributed by atoms with Gasteiger partial charge in [-0.25, -0.2) is 0 Å². The van der Waals surface area contributed by atoms with Gasteiger partial charge in [-0.1, -0.05) is 25.0 Å². The Labute approximate surface area is 158 Å². The summed E-state index contributed by atoms with van der Waals surface area (Å²) in [7, 11) is 0. The molecule has 0 bridgehead atoms. The fourth-order valence-corrected chi connectivity index (χ4v) is 8.07. The SMILES string of the molecule is C=C(C)[C@H]1CC[C@H]2[C@@H]3CC[C@H]4C[C@](O)(C#CCl)CC[C@@H]4[C@H]3CC[C@]12C. The van der Waals surface area contributed by atoms with Crippen molar-refractivity contribution in [2.45, 2.75) is 77.2 Å². The number of halogens is 1. The van der Waals surface area contributed by atoms with Crippen LogP contribution in [0.15, 0.2) is 12.2 Å². The van der Waals surface area contributed by atoms with Crippen molar-refractivity contribution in [3.8, 4) is 11.3 Å². The van der Waals surface area contributed by atoms with Crippen molar-refractivity contribution in [2.75, 3.05) is 0 Å². The van der Waals surface area contributed by atoms with Crippen molar-refractivity contribution in [2.24, 2.45) is 40.9 Å². The maximum Gasteiger partial charge on any atom is 0.127 e. The van der Waals surface area contributed by atoms with Crippen LogP contribution in [0.5, 0.6) is 0 Å². The average Bonchev–Trinajstić information content (AvgIpc) is 2.91. The summed E-state index contributed by atoms with van der Waals surface area (Å²) in [4.78, 5) is 0. The monoisotopic (exact) mass is 360 g/mol. The summed E-state index contributed by atoms with van der Waals surface area (Å²) in [6, 6.07) is 0. The average molecular weight is 361 g/mol. The number of hydrogen-bond acceptors (Lipinski definition) is 1. The van der Waals surface area contributed by atoms with Crippen LogP contribution < -0.4 is 0 Å². The Bertz CT molecular complexity index is 615. The lowest BCUT2D eigenvalue weighted by Crippen LogP contribution is -2.50. The van der Waals surface area contributed by atoms with Gasteiger partial charge in [-0.3, -0.25) is 0 Å².